The van der Waals surface area contributed by atoms with Crippen LogP contribution >= 0.6 is 0 Å². The van der Waals surface area contributed by atoms with Gasteiger partial charge in [-0.2, -0.15) is 0 Å². The van der Waals surface area contributed by atoms with Crippen LogP contribution in [0.15, 0.2) is 18.2 Å². The van der Waals surface area contributed by atoms with Crippen molar-refractivity contribution in [3.8, 4) is 0 Å². The van der Waals surface area contributed by atoms with E-state index >= 15 is 0 Å². The average molecular weight is 249 g/mol. The molecule has 0 heterocycles. The van der Waals surface area contributed by atoms with Crippen LogP contribution in [0.3, 0.4) is 0 Å². The fourth-order valence-corrected chi connectivity index (χ4v) is 2.02. The summed E-state index contributed by atoms with van der Waals surface area (Å²) in [5.41, 5.74) is 2.89. The molecule has 0 fully saturated rings. The molecule has 0 radical (unpaired) electrons. The number of rotatable bonds is 5. The SMILES string of the molecule is Cc1cccc(C(=O)NCC(C)CC(C)O)c1C. The van der Waals surface area contributed by atoms with Gasteiger partial charge >= 0.3 is 0 Å². The van der Waals surface area contributed by atoms with Gasteiger partial charge < -0.3 is 10.4 Å². The molecule has 0 aliphatic rings. The quantitative estimate of drug-likeness (QED) is 0.842. The molecule has 0 aliphatic carbocycles. The second-order valence-corrected chi connectivity index (χ2v) is 5.15. The van der Waals surface area contributed by atoms with Crippen molar-refractivity contribution >= 4 is 5.91 Å². The molecule has 100 valence electrons. The van der Waals surface area contributed by atoms with Gasteiger partial charge in [0.1, 0.15) is 0 Å². The molecule has 18 heavy (non-hydrogen) atoms. The third-order valence-corrected chi connectivity index (χ3v) is 3.20. The Morgan fingerprint density at radius 3 is 2.61 bits per heavy atom. The van der Waals surface area contributed by atoms with Gasteiger partial charge in [-0.15, -0.1) is 0 Å². The highest BCUT2D eigenvalue weighted by atomic mass is 16.3. The highest BCUT2D eigenvalue weighted by Gasteiger charge is 2.12. The van der Waals surface area contributed by atoms with Crippen molar-refractivity contribution in [3.63, 3.8) is 0 Å². The van der Waals surface area contributed by atoms with Crippen molar-refractivity contribution in [2.45, 2.75) is 40.2 Å². The molecule has 0 saturated carbocycles. The summed E-state index contributed by atoms with van der Waals surface area (Å²) in [6.07, 6.45) is 0.380. The Kier molecular flexibility index (Phi) is 5.35. The van der Waals surface area contributed by atoms with E-state index < -0.39 is 0 Å². The van der Waals surface area contributed by atoms with Gasteiger partial charge in [-0.05, 0) is 50.3 Å². The number of aryl methyl sites for hydroxylation is 1. The van der Waals surface area contributed by atoms with Gasteiger partial charge in [-0.1, -0.05) is 19.1 Å². The Morgan fingerprint density at radius 2 is 2.00 bits per heavy atom. The van der Waals surface area contributed by atoms with Gasteiger partial charge in [0.2, 0.25) is 0 Å². The van der Waals surface area contributed by atoms with Crippen LogP contribution in [0.25, 0.3) is 0 Å². The number of amides is 1. The lowest BCUT2D eigenvalue weighted by Crippen LogP contribution is -2.30. The van der Waals surface area contributed by atoms with Crippen LogP contribution in [-0.4, -0.2) is 23.7 Å². The van der Waals surface area contributed by atoms with Crippen molar-refractivity contribution < 1.29 is 9.90 Å². The third-order valence-electron chi connectivity index (χ3n) is 3.20. The Bertz CT molecular complexity index is 413. The predicted molar refractivity (Wildman–Crippen MR) is 73.7 cm³/mol. The lowest BCUT2D eigenvalue weighted by atomic mass is 10.0. The molecule has 1 aromatic rings. The van der Waals surface area contributed by atoms with E-state index in [1.165, 1.54) is 0 Å². The molecule has 2 N–H and O–H groups in total. The van der Waals surface area contributed by atoms with Gasteiger partial charge in [0.25, 0.3) is 5.91 Å². The molecular formula is C15H23NO2. The number of hydrogen-bond donors (Lipinski definition) is 2. The molecule has 3 heteroatoms. The lowest BCUT2D eigenvalue weighted by Gasteiger charge is -2.15. The molecule has 0 aliphatic heterocycles. The van der Waals surface area contributed by atoms with Gasteiger partial charge in [0, 0.05) is 12.1 Å². The van der Waals surface area contributed by atoms with Gasteiger partial charge in [-0.3, -0.25) is 4.79 Å². The van der Waals surface area contributed by atoms with Gasteiger partial charge in [0.05, 0.1) is 6.10 Å². The van der Waals surface area contributed by atoms with Gasteiger partial charge in [0.15, 0.2) is 0 Å². The third kappa shape index (κ3) is 4.15. The number of carbonyl (C=O) groups is 1. The van der Waals surface area contributed by atoms with Crippen LogP contribution in [0.4, 0.5) is 0 Å². The van der Waals surface area contributed by atoms with Crippen LogP contribution in [-0.2, 0) is 0 Å². The maximum atomic E-state index is 12.0. The van der Waals surface area contributed by atoms with Gasteiger partial charge in [-0.25, -0.2) is 0 Å². The molecule has 0 aromatic heterocycles. The summed E-state index contributed by atoms with van der Waals surface area (Å²) in [5, 5.41) is 12.2. The van der Waals surface area contributed by atoms with Crippen molar-refractivity contribution in [1.82, 2.24) is 5.32 Å². The fourth-order valence-electron chi connectivity index (χ4n) is 2.02. The highest BCUT2D eigenvalue weighted by molar-refractivity contribution is 5.95. The van der Waals surface area contributed by atoms with E-state index in [1.54, 1.807) is 6.92 Å². The van der Waals surface area contributed by atoms with Crippen LogP contribution in [0.1, 0.15) is 41.8 Å². The number of nitrogens with one attached hydrogen (secondary N) is 1. The number of hydrogen-bond acceptors (Lipinski definition) is 2. The van der Waals surface area contributed by atoms with Crippen LogP contribution in [0, 0.1) is 19.8 Å². The summed E-state index contributed by atoms with van der Waals surface area (Å²) < 4.78 is 0. The van der Waals surface area contributed by atoms with Crippen molar-refractivity contribution in [2.75, 3.05) is 6.54 Å². The van der Waals surface area contributed by atoms with E-state index in [4.69, 9.17) is 0 Å². The molecule has 0 spiro atoms. The zero-order valence-corrected chi connectivity index (χ0v) is 11.7. The summed E-state index contributed by atoms with van der Waals surface area (Å²) in [5.74, 6) is 0.243. The molecular weight excluding hydrogens is 226 g/mol. The molecule has 2 unspecified atom stereocenters. The molecule has 1 rings (SSSR count). The van der Waals surface area contributed by atoms with E-state index in [2.05, 4.69) is 5.32 Å². The maximum absolute atomic E-state index is 12.0. The molecule has 0 bridgehead atoms. The average Bonchev–Trinajstić information content (AvgIpc) is 2.29. The Labute approximate surface area is 109 Å². The maximum Gasteiger partial charge on any atom is 0.251 e. The molecule has 0 saturated heterocycles. The normalized spacial score (nSPS) is 14.1. The van der Waals surface area contributed by atoms with E-state index in [1.807, 2.05) is 39.0 Å². The first kappa shape index (κ1) is 14.7. The summed E-state index contributed by atoms with van der Waals surface area (Å²) in [6.45, 7) is 8.35. The zero-order chi connectivity index (χ0) is 13.7. The van der Waals surface area contributed by atoms with Crippen LogP contribution < -0.4 is 5.32 Å². The second-order valence-electron chi connectivity index (χ2n) is 5.15. The molecule has 3 nitrogen and oxygen atoms in total. The minimum Gasteiger partial charge on any atom is -0.393 e. The lowest BCUT2D eigenvalue weighted by molar-refractivity contribution is 0.0938. The summed E-state index contributed by atoms with van der Waals surface area (Å²) >= 11 is 0. The zero-order valence-electron chi connectivity index (χ0n) is 11.7. The number of aliphatic hydroxyl groups is 1. The van der Waals surface area contributed by atoms with E-state index in [9.17, 15) is 9.90 Å². The van der Waals surface area contributed by atoms with Crippen LogP contribution in [0.5, 0.6) is 0 Å². The van der Waals surface area contributed by atoms with Crippen molar-refractivity contribution in [3.05, 3.63) is 34.9 Å². The summed E-state index contributed by atoms with van der Waals surface area (Å²) in [7, 11) is 0. The summed E-state index contributed by atoms with van der Waals surface area (Å²) in [4.78, 5) is 12.0. The number of aliphatic hydroxyl groups excluding tert-OH is 1. The minimum absolute atomic E-state index is 0.0337. The smallest absolute Gasteiger partial charge is 0.251 e. The Hall–Kier alpha value is -1.35. The first-order chi connectivity index (χ1) is 8.41. The topological polar surface area (TPSA) is 49.3 Å². The second kappa shape index (κ2) is 6.55. The minimum atomic E-state index is -0.322. The van der Waals surface area contributed by atoms with E-state index in [0.717, 1.165) is 16.7 Å². The first-order valence-electron chi connectivity index (χ1n) is 6.44. The highest BCUT2D eigenvalue weighted by Crippen LogP contribution is 2.12. The fraction of sp³-hybridized carbons (Fsp3) is 0.533. The molecule has 1 amide bonds. The first-order valence-corrected chi connectivity index (χ1v) is 6.44. The molecule has 1 aromatic carbocycles. The van der Waals surface area contributed by atoms with Crippen molar-refractivity contribution in [1.29, 1.82) is 0 Å². The molecule has 2 atom stereocenters. The number of benzene rings is 1. The largest absolute Gasteiger partial charge is 0.393 e. The van der Waals surface area contributed by atoms with E-state index in [0.29, 0.717) is 13.0 Å². The Morgan fingerprint density at radius 1 is 1.33 bits per heavy atom. The Balaban J connectivity index is 2.58. The van der Waals surface area contributed by atoms with E-state index in [-0.39, 0.29) is 17.9 Å². The standard InChI is InChI=1S/C15H23NO2/c1-10(8-12(3)17)9-16-15(18)14-7-5-6-11(2)13(14)4/h5-7,10,12,17H,8-9H2,1-4H3,(H,16,18). The number of carbonyl (C=O) groups excluding carboxylic acids is 1. The van der Waals surface area contributed by atoms with Crippen LogP contribution in [0.2, 0.25) is 0 Å². The predicted octanol–water partition coefficient (Wildman–Crippen LogP) is 2.44. The summed E-state index contributed by atoms with van der Waals surface area (Å²) in [6, 6.07) is 5.75. The monoisotopic (exact) mass is 249 g/mol. The van der Waals surface area contributed by atoms with Crippen molar-refractivity contribution in [2.24, 2.45) is 5.92 Å².